The fraction of sp³-hybridized carbons (Fsp3) is 0.385. The highest BCUT2D eigenvalue weighted by Gasteiger charge is 2.17. The third-order valence-corrected chi connectivity index (χ3v) is 3.22. The summed E-state index contributed by atoms with van der Waals surface area (Å²) >= 11 is 0. The van der Waals surface area contributed by atoms with Gasteiger partial charge in [-0.3, -0.25) is 0 Å². The van der Waals surface area contributed by atoms with Crippen LogP contribution in [0.25, 0.3) is 11.5 Å². The summed E-state index contributed by atoms with van der Waals surface area (Å²) in [5.41, 5.74) is 8.97. The first-order valence-corrected chi connectivity index (χ1v) is 6.19. The number of hydrogen-bond donors (Lipinski definition) is 1. The summed E-state index contributed by atoms with van der Waals surface area (Å²) in [6.45, 7) is 1.85. The summed E-state index contributed by atoms with van der Waals surface area (Å²) in [6.07, 6.45) is 6.04. The van der Waals surface area contributed by atoms with Crippen LogP contribution >= 0.6 is 0 Å². The standard InChI is InChI=1S/C13H15N5/c1-8-15-7-6-11(16-8)13-17-10-5-3-2-4-9(10)12(14)18-13/h6-7H,2-5H2,1H3,(H2,14,17,18). The zero-order valence-corrected chi connectivity index (χ0v) is 10.3. The molecule has 2 aromatic rings. The van der Waals surface area contributed by atoms with Crippen LogP contribution in [0.1, 0.15) is 29.9 Å². The number of nitrogen functional groups attached to an aromatic ring is 1. The van der Waals surface area contributed by atoms with Gasteiger partial charge in [0.05, 0.1) is 0 Å². The van der Waals surface area contributed by atoms with Crippen molar-refractivity contribution in [2.45, 2.75) is 32.6 Å². The van der Waals surface area contributed by atoms with Crippen molar-refractivity contribution in [3.8, 4) is 11.5 Å². The lowest BCUT2D eigenvalue weighted by Gasteiger charge is -2.16. The molecule has 0 aromatic carbocycles. The fourth-order valence-corrected chi connectivity index (χ4v) is 2.32. The predicted octanol–water partition coefficient (Wildman–Crippen LogP) is 1.70. The normalized spacial score (nSPS) is 14.3. The smallest absolute Gasteiger partial charge is 0.180 e. The fourth-order valence-electron chi connectivity index (χ4n) is 2.32. The van der Waals surface area contributed by atoms with Gasteiger partial charge in [0.15, 0.2) is 5.82 Å². The van der Waals surface area contributed by atoms with Crippen LogP contribution in [-0.4, -0.2) is 19.9 Å². The number of fused-ring (bicyclic) bond motifs is 1. The van der Waals surface area contributed by atoms with E-state index < -0.39 is 0 Å². The molecule has 0 saturated carbocycles. The van der Waals surface area contributed by atoms with Crippen LogP contribution in [-0.2, 0) is 12.8 Å². The zero-order chi connectivity index (χ0) is 12.5. The Morgan fingerprint density at radius 3 is 2.78 bits per heavy atom. The molecule has 0 spiro atoms. The summed E-state index contributed by atoms with van der Waals surface area (Å²) in [6, 6.07) is 1.82. The highest BCUT2D eigenvalue weighted by Crippen LogP contribution is 2.25. The van der Waals surface area contributed by atoms with Crippen LogP contribution in [0.4, 0.5) is 5.82 Å². The van der Waals surface area contributed by atoms with Crippen molar-refractivity contribution in [2.75, 3.05) is 5.73 Å². The first-order chi connectivity index (χ1) is 8.74. The maximum absolute atomic E-state index is 6.02. The van der Waals surface area contributed by atoms with Crippen molar-refractivity contribution >= 4 is 5.82 Å². The van der Waals surface area contributed by atoms with Gasteiger partial charge in [0.1, 0.15) is 17.3 Å². The second-order valence-electron chi connectivity index (χ2n) is 4.55. The van der Waals surface area contributed by atoms with Gasteiger partial charge in [0.2, 0.25) is 0 Å². The van der Waals surface area contributed by atoms with Crippen LogP contribution in [0.5, 0.6) is 0 Å². The molecule has 0 bridgehead atoms. The summed E-state index contributed by atoms with van der Waals surface area (Å²) < 4.78 is 0. The first-order valence-electron chi connectivity index (χ1n) is 6.19. The molecule has 0 unspecified atom stereocenters. The lowest BCUT2D eigenvalue weighted by atomic mass is 9.96. The third-order valence-electron chi connectivity index (χ3n) is 3.22. The molecular weight excluding hydrogens is 226 g/mol. The number of rotatable bonds is 1. The minimum atomic E-state index is 0.603. The molecule has 0 aliphatic heterocycles. The molecule has 0 amide bonds. The van der Waals surface area contributed by atoms with E-state index in [4.69, 9.17) is 5.73 Å². The van der Waals surface area contributed by atoms with Gasteiger partial charge in [-0.1, -0.05) is 0 Å². The predicted molar refractivity (Wildman–Crippen MR) is 68.8 cm³/mol. The Bertz CT molecular complexity index is 594. The molecule has 3 rings (SSSR count). The molecule has 2 N–H and O–H groups in total. The number of aryl methyl sites for hydroxylation is 2. The number of aromatic nitrogens is 4. The monoisotopic (exact) mass is 241 g/mol. The Balaban J connectivity index is 2.11. The Hall–Kier alpha value is -2.04. The minimum absolute atomic E-state index is 0.603. The van der Waals surface area contributed by atoms with Crippen LogP contribution in [0, 0.1) is 6.92 Å². The molecule has 92 valence electrons. The van der Waals surface area contributed by atoms with E-state index in [0.29, 0.717) is 17.5 Å². The average molecular weight is 241 g/mol. The number of hydrogen-bond acceptors (Lipinski definition) is 5. The van der Waals surface area contributed by atoms with E-state index in [1.165, 1.54) is 12.8 Å². The third kappa shape index (κ3) is 1.92. The van der Waals surface area contributed by atoms with Crippen molar-refractivity contribution in [3.63, 3.8) is 0 Å². The molecule has 5 heteroatoms. The molecule has 0 saturated heterocycles. The molecule has 2 heterocycles. The van der Waals surface area contributed by atoms with Crippen LogP contribution in [0.15, 0.2) is 12.3 Å². The number of nitrogens with two attached hydrogens (primary N) is 1. The van der Waals surface area contributed by atoms with Crippen molar-refractivity contribution in [1.82, 2.24) is 19.9 Å². The van der Waals surface area contributed by atoms with E-state index >= 15 is 0 Å². The lowest BCUT2D eigenvalue weighted by molar-refractivity contribution is 0.665. The SMILES string of the molecule is Cc1nccc(-c2nc(N)c3c(n2)CCCC3)n1. The molecular formula is C13H15N5. The summed E-state index contributed by atoms with van der Waals surface area (Å²) in [5, 5.41) is 0. The highest BCUT2D eigenvalue weighted by atomic mass is 15.0. The minimum Gasteiger partial charge on any atom is -0.383 e. The Morgan fingerprint density at radius 1 is 1.11 bits per heavy atom. The summed E-state index contributed by atoms with van der Waals surface area (Å²) in [4.78, 5) is 17.4. The second kappa shape index (κ2) is 4.33. The van der Waals surface area contributed by atoms with Gasteiger partial charge in [0.25, 0.3) is 0 Å². The van der Waals surface area contributed by atoms with E-state index in [-0.39, 0.29) is 0 Å². The van der Waals surface area contributed by atoms with E-state index in [1.807, 2.05) is 13.0 Å². The Labute approximate surface area is 106 Å². The Kier molecular flexibility index (Phi) is 2.66. The van der Waals surface area contributed by atoms with Crippen molar-refractivity contribution in [3.05, 3.63) is 29.3 Å². The largest absolute Gasteiger partial charge is 0.383 e. The molecule has 5 nitrogen and oxygen atoms in total. The maximum Gasteiger partial charge on any atom is 0.180 e. The van der Waals surface area contributed by atoms with E-state index in [1.54, 1.807) is 6.20 Å². The Morgan fingerprint density at radius 2 is 1.94 bits per heavy atom. The average Bonchev–Trinajstić information content (AvgIpc) is 2.39. The van der Waals surface area contributed by atoms with Crippen LogP contribution < -0.4 is 5.73 Å². The summed E-state index contributed by atoms with van der Waals surface area (Å²) in [7, 11) is 0. The molecule has 2 aromatic heterocycles. The topological polar surface area (TPSA) is 77.6 Å². The highest BCUT2D eigenvalue weighted by molar-refractivity contribution is 5.55. The van der Waals surface area contributed by atoms with Crippen LogP contribution in [0.3, 0.4) is 0 Å². The molecule has 1 aliphatic rings. The second-order valence-corrected chi connectivity index (χ2v) is 4.55. The quantitative estimate of drug-likeness (QED) is 0.822. The lowest BCUT2D eigenvalue weighted by Crippen LogP contribution is -2.12. The molecule has 0 fully saturated rings. The zero-order valence-electron chi connectivity index (χ0n) is 10.3. The maximum atomic E-state index is 6.02. The van der Waals surface area contributed by atoms with Crippen molar-refractivity contribution in [1.29, 1.82) is 0 Å². The molecule has 0 radical (unpaired) electrons. The van der Waals surface area contributed by atoms with Crippen molar-refractivity contribution < 1.29 is 0 Å². The van der Waals surface area contributed by atoms with Gasteiger partial charge >= 0.3 is 0 Å². The van der Waals surface area contributed by atoms with E-state index in [9.17, 15) is 0 Å². The van der Waals surface area contributed by atoms with E-state index in [2.05, 4.69) is 19.9 Å². The van der Waals surface area contributed by atoms with Gasteiger partial charge in [0, 0.05) is 17.5 Å². The van der Waals surface area contributed by atoms with Gasteiger partial charge in [-0.25, -0.2) is 19.9 Å². The number of nitrogens with zero attached hydrogens (tertiary/aromatic N) is 4. The van der Waals surface area contributed by atoms with Gasteiger partial charge < -0.3 is 5.73 Å². The van der Waals surface area contributed by atoms with Crippen molar-refractivity contribution in [2.24, 2.45) is 0 Å². The summed E-state index contributed by atoms with van der Waals surface area (Å²) in [5.74, 6) is 1.93. The molecule has 1 aliphatic carbocycles. The van der Waals surface area contributed by atoms with Gasteiger partial charge in [-0.2, -0.15) is 0 Å². The molecule has 0 atom stereocenters. The van der Waals surface area contributed by atoms with Crippen LogP contribution in [0.2, 0.25) is 0 Å². The van der Waals surface area contributed by atoms with E-state index in [0.717, 1.165) is 29.8 Å². The molecule has 18 heavy (non-hydrogen) atoms. The number of anilines is 1. The van der Waals surface area contributed by atoms with Gasteiger partial charge in [-0.05, 0) is 38.7 Å². The first kappa shape index (κ1) is 11.1. The van der Waals surface area contributed by atoms with Gasteiger partial charge in [-0.15, -0.1) is 0 Å².